The van der Waals surface area contributed by atoms with Gasteiger partial charge in [0.1, 0.15) is 16.9 Å². The van der Waals surface area contributed by atoms with E-state index in [1.807, 2.05) is 18.2 Å². The Morgan fingerprint density at radius 3 is 2.75 bits per heavy atom. The van der Waals surface area contributed by atoms with Gasteiger partial charge in [-0.3, -0.25) is 0 Å². The molecule has 160 valence electrons. The normalized spacial score (nSPS) is 15.3. The molecule has 0 bridgehead atoms. The number of hydrogen-bond acceptors (Lipinski definition) is 6. The van der Waals surface area contributed by atoms with E-state index in [0.717, 1.165) is 30.4 Å². The van der Waals surface area contributed by atoms with Crippen molar-refractivity contribution in [2.45, 2.75) is 37.7 Å². The van der Waals surface area contributed by atoms with Crippen LogP contribution in [0.5, 0.6) is 0 Å². The van der Waals surface area contributed by atoms with Gasteiger partial charge in [-0.25, -0.2) is 9.48 Å². The third kappa shape index (κ3) is 4.01. The largest absolute Gasteiger partial charge is 0.421 e. The zero-order valence-electron chi connectivity index (χ0n) is 17.4. The monoisotopic (exact) mass is 426 g/mol. The Kier molecular flexibility index (Phi) is 5.00. The number of nitrogens with zero attached hydrogens (tertiary/aromatic N) is 3. The summed E-state index contributed by atoms with van der Waals surface area (Å²) in [5.74, 6) is 6.12. The van der Waals surface area contributed by atoms with E-state index in [9.17, 15) is 9.90 Å². The number of aliphatic hydroxyl groups is 1. The molecule has 0 unspecified atom stereocenters. The number of anilines is 1. The molecule has 7 heteroatoms. The Morgan fingerprint density at radius 1 is 1.09 bits per heavy atom. The number of aromatic nitrogens is 3. The molecule has 2 heterocycles. The first kappa shape index (κ1) is 20.0. The van der Waals surface area contributed by atoms with Crippen LogP contribution in [0.4, 0.5) is 5.69 Å². The van der Waals surface area contributed by atoms with Gasteiger partial charge in [0.2, 0.25) is 0 Å². The average molecular weight is 426 g/mol. The van der Waals surface area contributed by atoms with Crippen LogP contribution < -0.4 is 11.4 Å². The summed E-state index contributed by atoms with van der Waals surface area (Å²) in [5, 5.41) is 19.6. The predicted octanol–water partition coefficient (Wildman–Crippen LogP) is 3.67. The maximum atomic E-state index is 12.6. The molecule has 0 aliphatic heterocycles. The van der Waals surface area contributed by atoms with Crippen molar-refractivity contribution in [3.8, 4) is 28.8 Å². The molecule has 0 radical (unpaired) electrons. The highest BCUT2D eigenvalue weighted by Crippen LogP contribution is 2.27. The Hall–Kier alpha value is -3.89. The summed E-state index contributed by atoms with van der Waals surface area (Å²) >= 11 is 0. The van der Waals surface area contributed by atoms with E-state index in [1.165, 1.54) is 4.68 Å². The van der Waals surface area contributed by atoms with Crippen molar-refractivity contribution < 1.29 is 9.52 Å². The van der Waals surface area contributed by atoms with Crippen LogP contribution in [0.3, 0.4) is 0 Å². The Labute approximate surface area is 184 Å². The second-order valence-electron chi connectivity index (χ2n) is 8.19. The maximum absolute atomic E-state index is 12.6. The summed E-state index contributed by atoms with van der Waals surface area (Å²) in [6.45, 7) is 0. The van der Waals surface area contributed by atoms with Gasteiger partial charge in [0.05, 0.1) is 6.20 Å². The van der Waals surface area contributed by atoms with Crippen LogP contribution >= 0.6 is 0 Å². The van der Waals surface area contributed by atoms with Crippen LogP contribution in [0.15, 0.2) is 63.9 Å². The van der Waals surface area contributed by atoms with E-state index in [4.69, 9.17) is 10.2 Å². The molecule has 0 atom stereocenters. The number of fused-ring (bicyclic) bond motifs is 1. The Bertz CT molecular complexity index is 1420. The minimum absolute atomic E-state index is 0.246. The molecule has 1 aliphatic carbocycles. The van der Waals surface area contributed by atoms with E-state index < -0.39 is 11.2 Å². The molecule has 7 nitrogen and oxygen atoms in total. The third-order valence-electron chi connectivity index (χ3n) is 5.76. The van der Waals surface area contributed by atoms with Gasteiger partial charge in [0.25, 0.3) is 0 Å². The number of nitrogen functional groups attached to an aromatic ring is 1. The summed E-state index contributed by atoms with van der Waals surface area (Å²) < 4.78 is 6.88. The lowest BCUT2D eigenvalue weighted by Crippen LogP contribution is -2.29. The quantitative estimate of drug-likeness (QED) is 0.288. The van der Waals surface area contributed by atoms with E-state index >= 15 is 0 Å². The van der Waals surface area contributed by atoms with Gasteiger partial charge in [-0.15, -0.1) is 5.10 Å². The predicted molar refractivity (Wildman–Crippen MR) is 122 cm³/mol. The van der Waals surface area contributed by atoms with Crippen molar-refractivity contribution in [1.29, 1.82) is 0 Å². The number of hydrogen-bond donors (Lipinski definition) is 2. The van der Waals surface area contributed by atoms with E-state index in [-0.39, 0.29) is 5.69 Å². The van der Waals surface area contributed by atoms with Crippen LogP contribution in [0, 0.1) is 11.8 Å². The van der Waals surface area contributed by atoms with Crippen LogP contribution in [0.2, 0.25) is 0 Å². The molecule has 3 N–H and O–H groups in total. The van der Waals surface area contributed by atoms with Crippen LogP contribution in [-0.2, 0) is 0 Å². The second kappa shape index (κ2) is 7.98. The van der Waals surface area contributed by atoms with Gasteiger partial charge in [0, 0.05) is 22.2 Å². The SMILES string of the molecule is Nc1cccc(-c2cn(-c3cc4cc(C#CC5(O)CCCCC5)ccc4oc3=O)nn2)c1. The van der Waals surface area contributed by atoms with Crippen molar-refractivity contribution >= 4 is 16.7 Å². The zero-order valence-corrected chi connectivity index (χ0v) is 17.4. The Balaban J connectivity index is 1.50. The maximum Gasteiger partial charge on any atom is 0.362 e. The number of rotatable bonds is 2. The van der Waals surface area contributed by atoms with E-state index in [1.54, 1.807) is 36.5 Å². The van der Waals surface area contributed by atoms with E-state index in [0.29, 0.717) is 35.2 Å². The highest BCUT2D eigenvalue weighted by atomic mass is 16.4. The molecular weight excluding hydrogens is 404 g/mol. The lowest BCUT2D eigenvalue weighted by molar-refractivity contribution is 0.0610. The summed E-state index contributed by atoms with van der Waals surface area (Å²) in [4.78, 5) is 12.6. The fraction of sp³-hybridized carbons (Fsp3) is 0.240. The average Bonchev–Trinajstić information content (AvgIpc) is 3.28. The van der Waals surface area contributed by atoms with Gasteiger partial charge in [-0.1, -0.05) is 35.6 Å². The molecule has 1 saturated carbocycles. The first-order valence-electron chi connectivity index (χ1n) is 10.6. The summed E-state index contributed by atoms with van der Waals surface area (Å²) in [6, 6.07) is 14.4. The van der Waals surface area contributed by atoms with Crippen molar-refractivity contribution in [2.24, 2.45) is 0 Å². The fourth-order valence-electron chi connectivity index (χ4n) is 4.01. The summed E-state index contributed by atoms with van der Waals surface area (Å²) in [6.07, 6.45) is 6.20. The van der Waals surface area contributed by atoms with Crippen molar-refractivity contribution in [3.63, 3.8) is 0 Å². The zero-order chi connectivity index (χ0) is 22.1. The fourth-order valence-corrected chi connectivity index (χ4v) is 4.01. The van der Waals surface area contributed by atoms with Crippen LogP contribution in [-0.4, -0.2) is 25.7 Å². The van der Waals surface area contributed by atoms with Gasteiger partial charge in [-0.05, 0) is 62.1 Å². The second-order valence-corrected chi connectivity index (χ2v) is 8.19. The lowest BCUT2D eigenvalue weighted by atomic mass is 9.85. The highest BCUT2D eigenvalue weighted by molar-refractivity contribution is 5.80. The first-order valence-corrected chi connectivity index (χ1v) is 10.6. The molecule has 0 amide bonds. The molecule has 2 aromatic carbocycles. The smallest absolute Gasteiger partial charge is 0.362 e. The molecule has 2 aromatic heterocycles. The molecular formula is C25H22N4O3. The minimum atomic E-state index is -0.917. The molecule has 1 aliphatic rings. The topological polar surface area (TPSA) is 107 Å². The van der Waals surface area contributed by atoms with Gasteiger partial charge in [-0.2, -0.15) is 0 Å². The molecule has 4 aromatic rings. The molecule has 0 spiro atoms. The molecule has 32 heavy (non-hydrogen) atoms. The van der Waals surface area contributed by atoms with Gasteiger partial charge >= 0.3 is 5.63 Å². The minimum Gasteiger partial charge on any atom is -0.421 e. The number of benzene rings is 2. The third-order valence-corrected chi connectivity index (χ3v) is 5.76. The van der Waals surface area contributed by atoms with Gasteiger partial charge < -0.3 is 15.3 Å². The van der Waals surface area contributed by atoms with Crippen LogP contribution in [0.25, 0.3) is 27.9 Å². The number of nitrogens with two attached hydrogens (primary N) is 1. The van der Waals surface area contributed by atoms with Crippen molar-refractivity contribution in [3.05, 3.63) is 70.7 Å². The summed E-state index contributed by atoms with van der Waals surface area (Å²) in [5.41, 5.74) is 7.88. The highest BCUT2D eigenvalue weighted by Gasteiger charge is 2.26. The van der Waals surface area contributed by atoms with Crippen molar-refractivity contribution in [2.75, 3.05) is 5.73 Å². The van der Waals surface area contributed by atoms with Crippen molar-refractivity contribution in [1.82, 2.24) is 15.0 Å². The molecule has 0 saturated heterocycles. The lowest BCUT2D eigenvalue weighted by Gasteiger charge is -2.26. The van der Waals surface area contributed by atoms with E-state index in [2.05, 4.69) is 22.2 Å². The molecule has 5 rings (SSSR count). The standard InChI is InChI=1S/C25H22N4O3/c26-20-6-4-5-18(14-20)21-16-29(28-27-21)22-15-19-13-17(7-8-23(19)32-24(22)30)9-12-25(31)10-2-1-3-11-25/h4-8,13-16,31H,1-3,10-11,26H2. The summed E-state index contributed by atoms with van der Waals surface area (Å²) in [7, 11) is 0. The molecule has 1 fully saturated rings. The van der Waals surface area contributed by atoms with Crippen LogP contribution in [0.1, 0.15) is 37.7 Å². The van der Waals surface area contributed by atoms with Gasteiger partial charge in [0.15, 0.2) is 5.69 Å². The Morgan fingerprint density at radius 2 is 1.94 bits per heavy atom. The first-order chi connectivity index (χ1) is 15.5.